The van der Waals surface area contributed by atoms with Gasteiger partial charge in [-0.15, -0.1) is 0 Å². The van der Waals surface area contributed by atoms with Crippen molar-refractivity contribution in [2.75, 3.05) is 18.1 Å². The zero-order valence-corrected chi connectivity index (χ0v) is 9.67. The Bertz CT molecular complexity index is 391. The molecule has 0 spiro atoms. The van der Waals surface area contributed by atoms with Crippen molar-refractivity contribution in [1.82, 2.24) is 4.98 Å². The number of hydrogen-bond donors (Lipinski definition) is 2. The zero-order valence-electron chi connectivity index (χ0n) is 9.67. The zero-order chi connectivity index (χ0) is 12.3. The van der Waals surface area contributed by atoms with Gasteiger partial charge in [-0.1, -0.05) is 0 Å². The maximum absolute atomic E-state index is 10.9. The highest BCUT2D eigenvalue weighted by atomic mass is 16.3. The molecule has 1 aromatic rings. The van der Waals surface area contributed by atoms with Crippen LogP contribution in [0.1, 0.15) is 29.6 Å². The van der Waals surface area contributed by atoms with Crippen molar-refractivity contribution < 1.29 is 9.90 Å². The Labute approximate surface area is 100 Å². The highest BCUT2D eigenvalue weighted by Crippen LogP contribution is 2.22. The largest absolute Gasteiger partial charge is 0.394 e. The lowest BCUT2D eigenvalue weighted by Gasteiger charge is -2.35. The van der Waals surface area contributed by atoms with Crippen LogP contribution in [0.15, 0.2) is 18.3 Å². The topological polar surface area (TPSA) is 79.5 Å². The number of piperidine rings is 1. The van der Waals surface area contributed by atoms with Gasteiger partial charge in [0.1, 0.15) is 5.82 Å². The minimum absolute atomic E-state index is 0.135. The number of carbonyl (C=O) groups is 1. The number of pyridine rings is 1. The number of primary amides is 1. The second-order valence-corrected chi connectivity index (χ2v) is 4.29. The second kappa shape index (κ2) is 5.14. The predicted octanol–water partition coefficient (Wildman–Crippen LogP) is 0.532. The molecule has 1 aromatic heterocycles. The molecule has 0 radical (unpaired) electrons. The Morgan fingerprint density at radius 2 is 2.35 bits per heavy atom. The third kappa shape index (κ3) is 2.55. The Balaban J connectivity index is 2.17. The summed E-state index contributed by atoms with van der Waals surface area (Å²) in [5.41, 5.74) is 5.57. The SMILES string of the molecule is NC(=O)c1ccc(N2CCCCC2CO)nc1. The van der Waals surface area contributed by atoms with Gasteiger partial charge < -0.3 is 15.7 Å². The number of aliphatic hydroxyl groups is 1. The van der Waals surface area contributed by atoms with Crippen LogP contribution < -0.4 is 10.6 Å². The summed E-state index contributed by atoms with van der Waals surface area (Å²) in [4.78, 5) is 17.3. The number of hydrogen-bond acceptors (Lipinski definition) is 4. The van der Waals surface area contributed by atoms with Crippen LogP contribution in [0.3, 0.4) is 0 Å². The lowest BCUT2D eigenvalue weighted by atomic mass is 10.0. The molecule has 0 aliphatic carbocycles. The predicted molar refractivity (Wildman–Crippen MR) is 64.8 cm³/mol. The maximum atomic E-state index is 10.9. The first-order chi connectivity index (χ1) is 8.22. The summed E-state index contributed by atoms with van der Waals surface area (Å²) in [7, 11) is 0. The van der Waals surface area contributed by atoms with Gasteiger partial charge in [-0.3, -0.25) is 4.79 Å². The summed E-state index contributed by atoms with van der Waals surface area (Å²) in [6.45, 7) is 1.04. The molecule has 2 heterocycles. The molecule has 1 atom stereocenters. The fraction of sp³-hybridized carbons (Fsp3) is 0.500. The number of aliphatic hydroxyl groups excluding tert-OH is 1. The number of nitrogens with two attached hydrogens (primary N) is 1. The Morgan fingerprint density at radius 3 is 2.94 bits per heavy atom. The van der Waals surface area contributed by atoms with Crippen molar-refractivity contribution >= 4 is 11.7 Å². The minimum Gasteiger partial charge on any atom is -0.394 e. The minimum atomic E-state index is -0.471. The molecule has 1 aliphatic rings. The van der Waals surface area contributed by atoms with E-state index in [4.69, 9.17) is 5.73 Å². The molecule has 1 aliphatic heterocycles. The lowest BCUT2D eigenvalue weighted by molar-refractivity contribution is 0.1000. The van der Waals surface area contributed by atoms with Gasteiger partial charge in [0.25, 0.3) is 0 Å². The van der Waals surface area contributed by atoms with E-state index >= 15 is 0 Å². The van der Waals surface area contributed by atoms with Crippen molar-refractivity contribution in [2.45, 2.75) is 25.3 Å². The standard InChI is InChI=1S/C12H17N3O2/c13-12(17)9-4-5-11(14-7-9)15-6-2-1-3-10(15)8-16/h4-5,7,10,16H,1-3,6,8H2,(H2,13,17). The molecule has 92 valence electrons. The molecule has 0 aromatic carbocycles. The van der Waals surface area contributed by atoms with Gasteiger partial charge in [-0.25, -0.2) is 4.98 Å². The summed E-state index contributed by atoms with van der Waals surface area (Å²) in [5.74, 6) is 0.329. The molecule has 3 N–H and O–H groups in total. The van der Waals surface area contributed by atoms with E-state index in [0.29, 0.717) is 5.56 Å². The summed E-state index contributed by atoms with van der Waals surface area (Å²) < 4.78 is 0. The van der Waals surface area contributed by atoms with Gasteiger partial charge >= 0.3 is 0 Å². The molecular weight excluding hydrogens is 218 g/mol. The van der Waals surface area contributed by atoms with Crippen LogP contribution in [0, 0.1) is 0 Å². The van der Waals surface area contributed by atoms with E-state index in [1.807, 2.05) is 0 Å². The highest BCUT2D eigenvalue weighted by molar-refractivity contribution is 5.92. The third-order valence-electron chi connectivity index (χ3n) is 3.16. The Morgan fingerprint density at radius 1 is 1.53 bits per heavy atom. The molecule has 0 saturated carbocycles. The van der Waals surface area contributed by atoms with Crippen LogP contribution in [0.2, 0.25) is 0 Å². The highest BCUT2D eigenvalue weighted by Gasteiger charge is 2.22. The molecule has 5 heteroatoms. The summed E-state index contributed by atoms with van der Waals surface area (Å²) in [6, 6.07) is 3.59. The van der Waals surface area contributed by atoms with Crippen molar-refractivity contribution in [1.29, 1.82) is 0 Å². The monoisotopic (exact) mass is 235 g/mol. The number of carbonyl (C=O) groups excluding carboxylic acids is 1. The molecule has 2 rings (SSSR count). The second-order valence-electron chi connectivity index (χ2n) is 4.29. The van der Waals surface area contributed by atoms with E-state index in [1.54, 1.807) is 12.1 Å². The summed E-state index contributed by atoms with van der Waals surface area (Å²) >= 11 is 0. The van der Waals surface area contributed by atoms with Gasteiger partial charge in [0.2, 0.25) is 5.91 Å². The van der Waals surface area contributed by atoms with Gasteiger partial charge in [0.05, 0.1) is 18.2 Å². The first-order valence-corrected chi connectivity index (χ1v) is 5.85. The smallest absolute Gasteiger partial charge is 0.250 e. The molecule has 0 bridgehead atoms. The van der Waals surface area contributed by atoms with E-state index in [1.165, 1.54) is 6.20 Å². The Hall–Kier alpha value is -1.62. The van der Waals surface area contributed by atoms with Gasteiger partial charge in [-0.05, 0) is 31.4 Å². The molecule has 1 fully saturated rings. The normalized spacial score (nSPS) is 20.3. The number of anilines is 1. The lowest BCUT2D eigenvalue weighted by Crippen LogP contribution is -2.42. The van der Waals surface area contributed by atoms with Gasteiger partial charge in [0.15, 0.2) is 0 Å². The van der Waals surface area contributed by atoms with Crippen molar-refractivity contribution in [3.63, 3.8) is 0 Å². The number of amides is 1. The molecule has 5 nitrogen and oxygen atoms in total. The molecule has 1 amide bonds. The van der Waals surface area contributed by atoms with E-state index < -0.39 is 5.91 Å². The van der Waals surface area contributed by atoms with Gasteiger partial charge in [0, 0.05) is 12.7 Å². The van der Waals surface area contributed by atoms with E-state index in [0.717, 1.165) is 31.6 Å². The molecule has 1 unspecified atom stereocenters. The number of aromatic nitrogens is 1. The van der Waals surface area contributed by atoms with Crippen molar-refractivity contribution in [3.05, 3.63) is 23.9 Å². The van der Waals surface area contributed by atoms with Crippen LogP contribution >= 0.6 is 0 Å². The van der Waals surface area contributed by atoms with Crippen LogP contribution in [-0.2, 0) is 0 Å². The summed E-state index contributed by atoms with van der Waals surface area (Å²) in [5, 5.41) is 9.32. The van der Waals surface area contributed by atoms with E-state index in [9.17, 15) is 9.90 Å². The summed E-state index contributed by atoms with van der Waals surface area (Å²) in [6.07, 6.45) is 4.72. The first kappa shape index (κ1) is 11.9. The fourth-order valence-electron chi connectivity index (χ4n) is 2.19. The average Bonchev–Trinajstić information content (AvgIpc) is 2.39. The molecule has 17 heavy (non-hydrogen) atoms. The first-order valence-electron chi connectivity index (χ1n) is 5.85. The van der Waals surface area contributed by atoms with Crippen molar-refractivity contribution in [3.8, 4) is 0 Å². The number of rotatable bonds is 3. The molecule has 1 saturated heterocycles. The van der Waals surface area contributed by atoms with Crippen LogP contribution in [-0.4, -0.2) is 35.2 Å². The van der Waals surface area contributed by atoms with Crippen LogP contribution in [0.5, 0.6) is 0 Å². The third-order valence-corrected chi connectivity index (χ3v) is 3.16. The molecular formula is C12H17N3O2. The van der Waals surface area contributed by atoms with E-state index in [2.05, 4.69) is 9.88 Å². The number of nitrogens with zero attached hydrogens (tertiary/aromatic N) is 2. The average molecular weight is 235 g/mol. The van der Waals surface area contributed by atoms with Crippen LogP contribution in [0.25, 0.3) is 0 Å². The quantitative estimate of drug-likeness (QED) is 0.801. The van der Waals surface area contributed by atoms with Crippen molar-refractivity contribution in [2.24, 2.45) is 5.73 Å². The Kier molecular flexibility index (Phi) is 3.58. The van der Waals surface area contributed by atoms with E-state index in [-0.39, 0.29) is 12.6 Å². The fourth-order valence-corrected chi connectivity index (χ4v) is 2.19. The van der Waals surface area contributed by atoms with Crippen LogP contribution in [0.4, 0.5) is 5.82 Å². The maximum Gasteiger partial charge on any atom is 0.250 e. The van der Waals surface area contributed by atoms with Gasteiger partial charge in [-0.2, -0.15) is 0 Å².